The van der Waals surface area contributed by atoms with Crippen LogP contribution >= 0.6 is 0 Å². The molecule has 0 fully saturated rings. The van der Waals surface area contributed by atoms with Crippen LogP contribution in [0.2, 0.25) is 0 Å². The van der Waals surface area contributed by atoms with Crippen molar-refractivity contribution < 1.29 is 14.6 Å². The van der Waals surface area contributed by atoms with E-state index in [1.165, 1.54) is 5.56 Å². The second-order valence-electron chi connectivity index (χ2n) is 7.48. The van der Waals surface area contributed by atoms with Crippen LogP contribution in [0.5, 0.6) is 5.75 Å². The molecule has 0 amide bonds. The lowest BCUT2D eigenvalue weighted by molar-refractivity contribution is -0.137. The number of carboxylic acids is 1. The molecule has 6 nitrogen and oxygen atoms in total. The van der Waals surface area contributed by atoms with Gasteiger partial charge in [0.25, 0.3) is 0 Å². The molecule has 4 rings (SSSR count). The Kier molecular flexibility index (Phi) is 6.23. The lowest BCUT2D eigenvalue weighted by Gasteiger charge is -2.11. The fourth-order valence-corrected chi connectivity index (χ4v) is 3.89. The molecule has 1 atom stereocenters. The number of aryl methyl sites for hydroxylation is 1. The SMILES string of the molecule is O=C(O)C[C@@H]1CCc2cc(OCCCNc3cc(-c4ccccc4)ncn3)ccc21. The number of aromatic nitrogens is 2. The van der Waals surface area contributed by atoms with E-state index in [0.29, 0.717) is 6.61 Å². The first-order chi connectivity index (χ1) is 14.7. The van der Waals surface area contributed by atoms with Crippen molar-refractivity contribution in [3.63, 3.8) is 0 Å². The van der Waals surface area contributed by atoms with E-state index in [-0.39, 0.29) is 12.3 Å². The van der Waals surface area contributed by atoms with E-state index < -0.39 is 5.97 Å². The van der Waals surface area contributed by atoms with Crippen molar-refractivity contribution in [2.75, 3.05) is 18.5 Å². The van der Waals surface area contributed by atoms with Gasteiger partial charge in [-0.3, -0.25) is 4.79 Å². The molecule has 154 valence electrons. The largest absolute Gasteiger partial charge is 0.494 e. The average Bonchev–Trinajstić information content (AvgIpc) is 3.16. The summed E-state index contributed by atoms with van der Waals surface area (Å²) in [6, 6.07) is 18.0. The minimum absolute atomic E-state index is 0.129. The molecule has 0 radical (unpaired) electrons. The van der Waals surface area contributed by atoms with E-state index in [1.54, 1.807) is 6.33 Å². The van der Waals surface area contributed by atoms with Gasteiger partial charge in [0.2, 0.25) is 0 Å². The highest BCUT2D eigenvalue weighted by atomic mass is 16.5. The first-order valence-corrected chi connectivity index (χ1v) is 10.3. The number of anilines is 1. The van der Waals surface area contributed by atoms with Gasteiger partial charge in [0.15, 0.2) is 0 Å². The number of hydrogen-bond acceptors (Lipinski definition) is 5. The van der Waals surface area contributed by atoms with Crippen LogP contribution in [0, 0.1) is 0 Å². The zero-order valence-electron chi connectivity index (χ0n) is 16.8. The van der Waals surface area contributed by atoms with Gasteiger partial charge in [-0.15, -0.1) is 0 Å². The van der Waals surface area contributed by atoms with Crippen LogP contribution in [0.25, 0.3) is 11.3 Å². The van der Waals surface area contributed by atoms with Gasteiger partial charge in [0.1, 0.15) is 17.9 Å². The van der Waals surface area contributed by atoms with Crippen LogP contribution in [0.3, 0.4) is 0 Å². The van der Waals surface area contributed by atoms with Gasteiger partial charge in [-0.1, -0.05) is 36.4 Å². The molecule has 0 saturated heterocycles. The molecule has 0 spiro atoms. The van der Waals surface area contributed by atoms with Crippen LogP contribution in [0.4, 0.5) is 5.82 Å². The maximum atomic E-state index is 11.0. The first kappa shape index (κ1) is 19.9. The summed E-state index contributed by atoms with van der Waals surface area (Å²) in [6.45, 7) is 1.35. The second-order valence-corrected chi connectivity index (χ2v) is 7.48. The maximum absolute atomic E-state index is 11.0. The Balaban J connectivity index is 1.24. The van der Waals surface area contributed by atoms with Crippen molar-refractivity contribution in [2.24, 2.45) is 0 Å². The lowest BCUT2D eigenvalue weighted by atomic mass is 9.98. The molecule has 1 heterocycles. The first-order valence-electron chi connectivity index (χ1n) is 10.3. The van der Waals surface area contributed by atoms with Crippen LogP contribution in [0.1, 0.15) is 36.3 Å². The molecule has 1 aliphatic rings. The maximum Gasteiger partial charge on any atom is 0.303 e. The molecule has 0 unspecified atom stereocenters. The molecule has 30 heavy (non-hydrogen) atoms. The number of carboxylic acid groups (broad SMARTS) is 1. The Bertz CT molecular complexity index is 1010. The number of nitrogens with one attached hydrogen (secondary N) is 1. The summed E-state index contributed by atoms with van der Waals surface area (Å²) >= 11 is 0. The Labute approximate surface area is 176 Å². The van der Waals surface area contributed by atoms with E-state index >= 15 is 0 Å². The van der Waals surface area contributed by atoms with Crippen LogP contribution < -0.4 is 10.1 Å². The van der Waals surface area contributed by atoms with E-state index in [9.17, 15) is 4.79 Å². The van der Waals surface area contributed by atoms with Crippen molar-refractivity contribution in [2.45, 2.75) is 31.6 Å². The van der Waals surface area contributed by atoms with Gasteiger partial charge in [-0.05, 0) is 48.4 Å². The summed E-state index contributed by atoms with van der Waals surface area (Å²) in [7, 11) is 0. The normalized spacial score (nSPS) is 14.9. The Morgan fingerprint density at radius 2 is 2.00 bits per heavy atom. The predicted molar refractivity (Wildman–Crippen MR) is 116 cm³/mol. The fourth-order valence-electron chi connectivity index (χ4n) is 3.89. The van der Waals surface area contributed by atoms with Gasteiger partial charge >= 0.3 is 5.97 Å². The number of aliphatic carboxylic acids is 1. The fraction of sp³-hybridized carbons (Fsp3) is 0.292. The number of ether oxygens (including phenoxy) is 1. The molecule has 0 saturated carbocycles. The zero-order chi connectivity index (χ0) is 20.8. The third kappa shape index (κ3) is 4.95. The lowest BCUT2D eigenvalue weighted by Crippen LogP contribution is -2.08. The molecule has 2 N–H and O–H groups in total. The Morgan fingerprint density at radius 1 is 1.13 bits per heavy atom. The van der Waals surface area contributed by atoms with Crippen LogP contribution in [0.15, 0.2) is 60.9 Å². The van der Waals surface area contributed by atoms with Gasteiger partial charge in [0.05, 0.1) is 18.7 Å². The summed E-state index contributed by atoms with van der Waals surface area (Å²) in [6.07, 6.45) is 4.43. The molecule has 3 aromatic rings. The van der Waals surface area contributed by atoms with E-state index in [2.05, 4.69) is 21.4 Å². The molecule has 0 aliphatic heterocycles. The predicted octanol–water partition coefficient (Wildman–Crippen LogP) is 4.53. The zero-order valence-corrected chi connectivity index (χ0v) is 16.8. The molecule has 6 heteroatoms. The number of fused-ring (bicyclic) bond motifs is 1. The highest BCUT2D eigenvalue weighted by Gasteiger charge is 2.24. The quantitative estimate of drug-likeness (QED) is 0.511. The van der Waals surface area contributed by atoms with Crippen molar-refractivity contribution >= 4 is 11.8 Å². The smallest absolute Gasteiger partial charge is 0.303 e. The van der Waals surface area contributed by atoms with Crippen molar-refractivity contribution in [3.05, 3.63) is 72.1 Å². The molecule has 1 aromatic heterocycles. The van der Waals surface area contributed by atoms with Gasteiger partial charge < -0.3 is 15.2 Å². The third-order valence-electron chi connectivity index (χ3n) is 5.37. The highest BCUT2D eigenvalue weighted by molar-refractivity contribution is 5.68. The second kappa shape index (κ2) is 9.39. The minimum Gasteiger partial charge on any atom is -0.494 e. The standard InChI is InChI=1S/C24H25N3O3/c28-24(29)14-19-8-7-18-13-20(9-10-21(18)19)30-12-4-11-25-23-15-22(26-16-27-23)17-5-2-1-3-6-17/h1-3,5-6,9-10,13,15-16,19H,4,7-8,11-12,14H2,(H,28,29)(H,25,26,27)/t19-/m0/s1. The van der Waals surface area contributed by atoms with Gasteiger partial charge in [-0.2, -0.15) is 0 Å². The van der Waals surface area contributed by atoms with E-state index in [1.807, 2.05) is 48.5 Å². The average molecular weight is 403 g/mol. The number of benzene rings is 2. The minimum atomic E-state index is -0.736. The summed E-state index contributed by atoms with van der Waals surface area (Å²) < 4.78 is 5.89. The molecule has 2 aromatic carbocycles. The topological polar surface area (TPSA) is 84.3 Å². The molecular formula is C24H25N3O3. The number of nitrogens with zero attached hydrogens (tertiary/aromatic N) is 2. The molecule has 0 bridgehead atoms. The van der Waals surface area contributed by atoms with Crippen molar-refractivity contribution in [1.82, 2.24) is 9.97 Å². The summed E-state index contributed by atoms with van der Waals surface area (Å²) in [5.74, 6) is 1.04. The molecule has 1 aliphatic carbocycles. The highest BCUT2D eigenvalue weighted by Crippen LogP contribution is 2.37. The molecular weight excluding hydrogens is 378 g/mol. The van der Waals surface area contributed by atoms with Crippen molar-refractivity contribution in [1.29, 1.82) is 0 Å². The number of carbonyl (C=O) groups is 1. The van der Waals surface area contributed by atoms with Gasteiger partial charge in [0, 0.05) is 18.2 Å². The monoisotopic (exact) mass is 403 g/mol. The summed E-state index contributed by atoms with van der Waals surface area (Å²) in [4.78, 5) is 19.6. The summed E-state index contributed by atoms with van der Waals surface area (Å²) in [5, 5.41) is 12.4. The van der Waals surface area contributed by atoms with E-state index in [0.717, 1.165) is 54.2 Å². The number of hydrogen-bond donors (Lipinski definition) is 2. The third-order valence-corrected chi connectivity index (χ3v) is 5.37. The Hall–Kier alpha value is -3.41. The van der Waals surface area contributed by atoms with Crippen LogP contribution in [-0.2, 0) is 11.2 Å². The van der Waals surface area contributed by atoms with E-state index in [4.69, 9.17) is 9.84 Å². The number of rotatable bonds is 9. The van der Waals surface area contributed by atoms with Gasteiger partial charge in [-0.25, -0.2) is 9.97 Å². The van der Waals surface area contributed by atoms with Crippen LogP contribution in [-0.4, -0.2) is 34.2 Å². The summed E-state index contributed by atoms with van der Waals surface area (Å²) in [5.41, 5.74) is 4.33. The Morgan fingerprint density at radius 3 is 2.83 bits per heavy atom. The van der Waals surface area contributed by atoms with Crippen molar-refractivity contribution in [3.8, 4) is 17.0 Å².